The Morgan fingerprint density at radius 1 is 1.17 bits per heavy atom. The lowest BCUT2D eigenvalue weighted by Crippen LogP contribution is -2.35. The van der Waals surface area contributed by atoms with E-state index < -0.39 is 15.9 Å². The van der Waals surface area contributed by atoms with Crippen molar-refractivity contribution in [1.29, 1.82) is 0 Å². The molecule has 1 aliphatic rings. The van der Waals surface area contributed by atoms with Crippen molar-refractivity contribution in [2.45, 2.75) is 43.7 Å². The highest BCUT2D eigenvalue weighted by Crippen LogP contribution is 2.33. The predicted octanol–water partition coefficient (Wildman–Crippen LogP) is 3.90. The molecule has 2 heterocycles. The summed E-state index contributed by atoms with van der Waals surface area (Å²) in [5, 5.41) is 13.3. The highest BCUT2D eigenvalue weighted by Gasteiger charge is 2.27. The number of sulfone groups is 1. The number of amides is 1. The second kappa shape index (κ2) is 10.9. The van der Waals surface area contributed by atoms with Gasteiger partial charge in [-0.15, -0.1) is 0 Å². The molecule has 0 saturated carbocycles. The molecule has 0 spiro atoms. The van der Waals surface area contributed by atoms with Crippen LogP contribution in [0.15, 0.2) is 59.8 Å². The van der Waals surface area contributed by atoms with Crippen LogP contribution in [0.2, 0.25) is 5.02 Å². The van der Waals surface area contributed by atoms with E-state index in [2.05, 4.69) is 27.1 Å². The summed E-state index contributed by atoms with van der Waals surface area (Å²) in [6.07, 6.45) is 4.08. The van der Waals surface area contributed by atoms with Crippen LogP contribution in [0.3, 0.4) is 0 Å². The molecule has 2 aromatic carbocycles. The van der Waals surface area contributed by atoms with Crippen LogP contribution in [0.25, 0.3) is 0 Å². The van der Waals surface area contributed by atoms with Gasteiger partial charge in [0.1, 0.15) is 0 Å². The molecule has 8 nitrogen and oxygen atoms in total. The Labute approximate surface area is 216 Å². The summed E-state index contributed by atoms with van der Waals surface area (Å²) in [6, 6.07) is 11.2. The van der Waals surface area contributed by atoms with Crippen molar-refractivity contribution in [3.05, 3.63) is 82.1 Å². The molecule has 0 fully saturated rings. The first-order chi connectivity index (χ1) is 17.2. The van der Waals surface area contributed by atoms with Gasteiger partial charge in [0.05, 0.1) is 40.7 Å². The minimum absolute atomic E-state index is 0.00526. The lowest BCUT2D eigenvalue weighted by atomic mass is 9.87. The minimum atomic E-state index is -3.33. The number of aliphatic hydroxyl groups excluding tert-OH is 1. The Balaban J connectivity index is 1.54. The van der Waals surface area contributed by atoms with Crippen LogP contribution in [0.5, 0.6) is 0 Å². The maximum Gasteiger partial charge on any atom is 0.251 e. The standard InChI is InChI=1S/C26H29ClN4O4S/c1-3-17-14-31(26-28-12-21(27)13-29-26)15-20-11-19(7-10-23(17)20)25(33)30-24(16-32)18-5-8-22(9-6-18)36(34,35)4-2/h5-13,17,24,32H,3-4,14-16H2,1-2H3,(H,30,33)/t17-,24?/m0/s1. The maximum absolute atomic E-state index is 13.1. The van der Waals surface area contributed by atoms with Gasteiger partial charge in [-0.05, 0) is 47.4 Å². The van der Waals surface area contributed by atoms with Crippen molar-refractivity contribution in [2.75, 3.05) is 23.8 Å². The first-order valence-electron chi connectivity index (χ1n) is 11.9. The highest BCUT2D eigenvalue weighted by atomic mass is 35.5. The lowest BCUT2D eigenvalue weighted by Gasteiger charge is -2.34. The molecule has 2 N–H and O–H groups in total. The largest absolute Gasteiger partial charge is 0.394 e. The third-order valence-electron chi connectivity index (χ3n) is 6.54. The van der Waals surface area contributed by atoms with Gasteiger partial charge < -0.3 is 15.3 Å². The third kappa shape index (κ3) is 5.53. The first-order valence-corrected chi connectivity index (χ1v) is 13.9. The second-order valence-electron chi connectivity index (χ2n) is 8.78. The Hall–Kier alpha value is -3.01. The van der Waals surface area contributed by atoms with Gasteiger partial charge in [0.15, 0.2) is 9.84 Å². The fourth-order valence-corrected chi connectivity index (χ4v) is 5.42. The van der Waals surface area contributed by atoms with Gasteiger partial charge >= 0.3 is 0 Å². The second-order valence-corrected chi connectivity index (χ2v) is 11.5. The number of aliphatic hydroxyl groups is 1. The highest BCUT2D eigenvalue weighted by molar-refractivity contribution is 7.91. The number of hydrogen-bond acceptors (Lipinski definition) is 7. The molecule has 4 rings (SSSR count). The first kappa shape index (κ1) is 26.1. The van der Waals surface area contributed by atoms with Crippen LogP contribution in [0, 0.1) is 0 Å². The molecule has 0 saturated heterocycles. The van der Waals surface area contributed by atoms with Crippen LogP contribution >= 0.6 is 11.6 Å². The Morgan fingerprint density at radius 2 is 1.86 bits per heavy atom. The molecule has 0 bridgehead atoms. The number of aromatic nitrogens is 2. The molecule has 1 unspecified atom stereocenters. The number of halogens is 1. The van der Waals surface area contributed by atoms with E-state index >= 15 is 0 Å². The molecule has 3 aromatic rings. The Bertz CT molecular complexity index is 1330. The molecule has 1 aromatic heterocycles. The molecule has 0 aliphatic carbocycles. The van der Waals surface area contributed by atoms with Crippen molar-refractivity contribution in [1.82, 2.24) is 15.3 Å². The smallest absolute Gasteiger partial charge is 0.251 e. The summed E-state index contributed by atoms with van der Waals surface area (Å²) in [5.41, 5.74) is 3.32. The summed E-state index contributed by atoms with van der Waals surface area (Å²) in [6.45, 7) is 4.72. The Morgan fingerprint density at radius 3 is 2.47 bits per heavy atom. The Kier molecular flexibility index (Phi) is 7.92. The number of carbonyl (C=O) groups excluding carboxylic acids is 1. The summed E-state index contributed by atoms with van der Waals surface area (Å²) >= 11 is 5.94. The average molecular weight is 529 g/mol. The number of carbonyl (C=O) groups is 1. The normalized spacial score (nSPS) is 16.3. The van der Waals surface area contributed by atoms with Gasteiger partial charge in [-0.1, -0.05) is 43.6 Å². The summed E-state index contributed by atoms with van der Waals surface area (Å²) in [7, 11) is -3.33. The molecule has 1 amide bonds. The molecule has 2 atom stereocenters. The predicted molar refractivity (Wildman–Crippen MR) is 139 cm³/mol. The van der Waals surface area contributed by atoms with Crippen LogP contribution in [0.4, 0.5) is 5.95 Å². The van der Waals surface area contributed by atoms with Crippen molar-refractivity contribution in [2.24, 2.45) is 0 Å². The van der Waals surface area contributed by atoms with E-state index in [9.17, 15) is 18.3 Å². The van der Waals surface area contributed by atoms with E-state index in [1.54, 1.807) is 37.5 Å². The van der Waals surface area contributed by atoms with Gasteiger partial charge in [0.2, 0.25) is 5.95 Å². The quantitative estimate of drug-likeness (QED) is 0.456. The van der Waals surface area contributed by atoms with Crippen LogP contribution < -0.4 is 10.2 Å². The summed E-state index contributed by atoms with van der Waals surface area (Å²) in [5.74, 6) is 0.543. The van der Waals surface area contributed by atoms with Gasteiger partial charge in [0, 0.05) is 24.6 Å². The van der Waals surface area contributed by atoms with E-state index in [-0.39, 0.29) is 29.1 Å². The number of rotatable bonds is 8. The van der Waals surface area contributed by atoms with Crippen molar-refractivity contribution >= 4 is 33.3 Å². The van der Waals surface area contributed by atoms with Crippen LogP contribution in [-0.4, -0.2) is 48.3 Å². The number of hydrogen-bond donors (Lipinski definition) is 2. The molecular formula is C26H29ClN4O4S. The SMILES string of the molecule is CC[C@H]1CN(c2ncc(Cl)cn2)Cc2cc(C(=O)NC(CO)c3ccc(S(=O)(=O)CC)cc3)ccc21. The zero-order valence-electron chi connectivity index (χ0n) is 20.2. The van der Waals surface area contributed by atoms with Gasteiger partial charge in [-0.3, -0.25) is 4.79 Å². The fourth-order valence-electron chi connectivity index (χ4n) is 4.44. The molecule has 190 valence electrons. The van der Waals surface area contributed by atoms with Crippen molar-refractivity contribution < 1.29 is 18.3 Å². The minimum Gasteiger partial charge on any atom is -0.394 e. The monoisotopic (exact) mass is 528 g/mol. The zero-order chi connectivity index (χ0) is 25.9. The van der Waals surface area contributed by atoms with Crippen LogP contribution in [0.1, 0.15) is 59.3 Å². The van der Waals surface area contributed by atoms with Gasteiger partial charge in [-0.25, -0.2) is 18.4 Å². The molecule has 1 aliphatic heterocycles. The van der Waals surface area contributed by atoms with E-state index in [1.165, 1.54) is 17.7 Å². The zero-order valence-corrected chi connectivity index (χ0v) is 21.8. The number of anilines is 1. The maximum atomic E-state index is 13.1. The topological polar surface area (TPSA) is 112 Å². The third-order valence-corrected chi connectivity index (χ3v) is 8.48. The fraction of sp³-hybridized carbons (Fsp3) is 0.346. The summed E-state index contributed by atoms with van der Waals surface area (Å²) < 4.78 is 24.1. The van der Waals surface area contributed by atoms with Crippen molar-refractivity contribution in [3.63, 3.8) is 0 Å². The number of benzene rings is 2. The van der Waals surface area contributed by atoms with E-state index in [0.29, 0.717) is 28.6 Å². The molecule has 0 radical (unpaired) electrons. The van der Waals surface area contributed by atoms with Crippen LogP contribution in [-0.2, 0) is 16.4 Å². The molecule has 10 heteroatoms. The van der Waals surface area contributed by atoms with E-state index in [0.717, 1.165) is 18.5 Å². The van der Waals surface area contributed by atoms with E-state index in [4.69, 9.17) is 11.6 Å². The van der Waals surface area contributed by atoms with Crippen molar-refractivity contribution in [3.8, 4) is 0 Å². The molecule has 36 heavy (non-hydrogen) atoms. The number of nitrogens with one attached hydrogen (secondary N) is 1. The van der Waals surface area contributed by atoms with Gasteiger partial charge in [-0.2, -0.15) is 0 Å². The molecular weight excluding hydrogens is 500 g/mol. The average Bonchev–Trinajstić information content (AvgIpc) is 2.91. The number of nitrogens with zero attached hydrogens (tertiary/aromatic N) is 3. The van der Waals surface area contributed by atoms with E-state index in [1.807, 2.05) is 12.1 Å². The lowest BCUT2D eigenvalue weighted by molar-refractivity contribution is 0.0916. The van der Waals surface area contributed by atoms with Gasteiger partial charge in [0.25, 0.3) is 5.91 Å². The summed E-state index contributed by atoms with van der Waals surface area (Å²) in [4.78, 5) is 24.1. The number of fused-ring (bicyclic) bond motifs is 1.